The third kappa shape index (κ3) is 5.15. The molecule has 0 saturated carbocycles. The molecule has 1 aromatic carbocycles. The molecule has 0 spiro atoms. The summed E-state index contributed by atoms with van der Waals surface area (Å²) in [6, 6.07) is 10.0. The van der Waals surface area contributed by atoms with Crippen LogP contribution in [0.15, 0.2) is 47.4 Å². The first-order valence-corrected chi connectivity index (χ1v) is 8.29. The summed E-state index contributed by atoms with van der Waals surface area (Å²) in [4.78, 5) is 24.5. The molecule has 7 nitrogen and oxygen atoms in total. The number of nitro groups is 1. The van der Waals surface area contributed by atoms with Gasteiger partial charge in [-0.3, -0.25) is 19.5 Å². The van der Waals surface area contributed by atoms with Crippen LogP contribution >= 0.6 is 0 Å². The van der Waals surface area contributed by atoms with Gasteiger partial charge in [-0.25, -0.2) is 0 Å². The topological polar surface area (TPSA) is 77.6 Å². The van der Waals surface area contributed by atoms with Crippen LogP contribution in [0.3, 0.4) is 0 Å². The van der Waals surface area contributed by atoms with Gasteiger partial charge in [0.25, 0.3) is 0 Å². The molecule has 25 heavy (non-hydrogen) atoms. The summed E-state index contributed by atoms with van der Waals surface area (Å²) in [5, 5.41) is 10.9. The molecule has 0 N–H and O–H groups in total. The molecule has 0 amide bonds. The first-order chi connectivity index (χ1) is 12.1. The van der Waals surface area contributed by atoms with Gasteiger partial charge in [-0.1, -0.05) is 13.8 Å². The standard InChI is InChI=1S/C16H19N3O4.C2H6/c1-3-17(11-12-23-2)13-6-8-14(9-7-13)18-10-4-5-15(16(18)20)19(21)22;1-2/h4-10H,3,11-12H2,1-2H3;1-2H3. The maximum absolute atomic E-state index is 12.1. The number of nitrogens with zero attached hydrogens (tertiary/aromatic N) is 3. The summed E-state index contributed by atoms with van der Waals surface area (Å²) in [6.45, 7) is 8.27. The monoisotopic (exact) mass is 347 g/mol. The van der Waals surface area contributed by atoms with Crippen LogP contribution in [0.1, 0.15) is 20.8 Å². The zero-order valence-corrected chi connectivity index (χ0v) is 15.1. The Morgan fingerprint density at radius 1 is 1.20 bits per heavy atom. The number of hydrogen-bond donors (Lipinski definition) is 0. The molecule has 1 aromatic heterocycles. The summed E-state index contributed by atoms with van der Waals surface area (Å²) < 4.78 is 6.36. The molecule has 0 aliphatic carbocycles. The predicted octanol–water partition coefficient (Wildman–Crippen LogP) is 3.24. The summed E-state index contributed by atoms with van der Waals surface area (Å²) in [7, 11) is 1.66. The fourth-order valence-corrected chi connectivity index (χ4v) is 2.32. The molecule has 0 radical (unpaired) electrons. The second-order valence-corrected chi connectivity index (χ2v) is 4.91. The summed E-state index contributed by atoms with van der Waals surface area (Å²) in [5.41, 5.74) is 0.515. The zero-order chi connectivity index (χ0) is 18.8. The summed E-state index contributed by atoms with van der Waals surface area (Å²) in [5.74, 6) is 0. The van der Waals surface area contributed by atoms with Gasteiger partial charge in [0.1, 0.15) is 0 Å². The van der Waals surface area contributed by atoms with Crippen molar-refractivity contribution in [2.45, 2.75) is 20.8 Å². The van der Waals surface area contributed by atoms with Crippen LogP contribution in [-0.4, -0.2) is 36.3 Å². The summed E-state index contributed by atoms with van der Waals surface area (Å²) in [6.07, 6.45) is 1.52. The van der Waals surface area contributed by atoms with Gasteiger partial charge in [0.2, 0.25) is 0 Å². The van der Waals surface area contributed by atoms with Crippen LogP contribution < -0.4 is 10.5 Å². The number of likely N-dealkylation sites (N-methyl/N-ethyl adjacent to an activating group) is 1. The van der Waals surface area contributed by atoms with Gasteiger partial charge in [-0.2, -0.15) is 0 Å². The van der Waals surface area contributed by atoms with Crippen molar-refractivity contribution in [2.75, 3.05) is 31.7 Å². The van der Waals surface area contributed by atoms with E-state index in [2.05, 4.69) is 11.8 Å². The Bertz CT molecular complexity index is 726. The van der Waals surface area contributed by atoms with Gasteiger partial charge in [0, 0.05) is 43.8 Å². The number of pyridine rings is 1. The summed E-state index contributed by atoms with van der Waals surface area (Å²) >= 11 is 0. The molecule has 1 heterocycles. The van der Waals surface area contributed by atoms with E-state index in [0.717, 1.165) is 18.8 Å². The van der Waals surface area contributed by atoms with Gasteiger partial charge in [-0.05, 0) is 37.3 Å². The number of rotatable bonds is 7. The van der Waals surface area contributed by atoms with E-state index in [1.807, 2.05) is 26.0 Å². The molecule has 0 fully saturated rings. The zero-order valence-electron chi connectivity index (χ0n) is 15.1. The lowest BCUT2D eigenvalue weighted by Gasteiger charge is -2.23. The number of aromatic nitrogens is 1. The van der Waals surface area contributed by atoms with E-state index in [-0.39, 0.29) is 0 Å². The molecule has 0 atom stereocenters. The van der Waals surface area contributed by atoms with Gasteiger partial charge in [0.15, 0.2) is 0 Å². The van der Waals surface area contributed by atoms with Crippen molar-refractivity contribution < 1.29 is 9.66 Å². The van der Waals surface area contributed by atoms with Gasteiger partial charge >= 0.3 is 11.2 Å². The van der Waals surface area contributed by atoms with E-state index < -0.39 is 16.2 Å². The predicted molar refractivity (Wildman–Crippen MR) is 99.8 cm³/mol. The van der Waals surface area contributed by atoms with E-state index in [1.165, 1.54) is 22.9 Å². The third-order valence-corrected chi connectivity index (χ3v) is 3.56. The number of hydrogen-bond acceptors (Lipinski definition) is 5. The largest absolute Gasteiger partial charge is 0.383 e. The van der Waals surface area contributed by atoms with Crippen LogP contribution in [0, 0.1) is 10.1 Å². The van der Waals surface area contributed by atoms with Gasteiger partial charge in [-0.15, -0.1) is 0 Å². The highest BCUT2D eigenvalue weighted by molar-refractivity contribution is 5.51. The number of ether oxygens (including phenoxy) is 1. The first kappa shape index (κ1) is 20.4. The molecular weight excluding hydrogens is 322 g/mol. The fraction of sp³-hybridized carbons (Fsp3) is 0.389. The fourth-order valence-electron chi connectivity index (χ4n) is 2.32. The van der Waals surface area contributed by atoms with Gasteiger partial charge in [0.05, 0.1) is 11.5 Å². The maximum Gasteiger partial charge on any atom is 0.334 e. The van der Waals surface area contributed by atoms with Crippen molar-refractivity contribution in [1.82, 2.24) is 4.57 Å². The van der Waals surface area contributed by atoms with Gasteiger partial charge < -0.3 is 9.64 Å². The Labute approximate surface area is 147 Å². The molecule has 136 valence electrons. The van der Waals surface area contributed by atoms with Crippen molar-refractivity contribution >= 4 is 11.4 Å². The Kier molecular flexibility index (Phi) is 8.35. The number of benzene rings is 1. The van der Waals surface area contributed by atoms with E-state index in [9.17, 15) is 14.9 Å². The molecular formula is C18H25N3O4. The van der Waals surface area contributed by atoms with E-state index in [1.54, 1.807) is 19.2 Å². The van der Waals surface area contributed by atoms with E-state index in [0.29, 0.717) is 12.3 Å². The number of methoxy groups -OCH3 is 1. The highest BCUT2D eigenvalue weighted by atomic mass is 16.6. The second-order valence-electron chi connectivity index (χ2n) is 4.91. The Morgan fingerprint density at radius 3 is 2.36 bits per heavy atom. The normalized spacial score (nSPS) is 9.92. The smallest absolute Gasteiger partial charge is 0.334 e. The van der Waals surface area contributed by atoms with Crippen LogP contribution in [0.4, 0.5) is 11.4 Å². The molecule has 0 unspecified atom stereocenters. The molecule has 7 heteroatoms. The first-order valence-electron chi connectivity index (χ1n) is 8.29. The van der Waals surface area contributed by atoms with Crippen LogP contribution in [0.2, 0.25) is 0 Å². The Morgan fingerprint density at radius 2 is 1.84 bits per heavy atom. The van der Waals surface area contributed by atoms with Crippen molar-refractivity contribution in [3.8, 4) is 5.69 Å². The van der Waals surface area contributed by atoms with Crippen molar-refractivity contribution in [1.29, 1.82) is 0 Å². The minimum Gasteiger partial charge on any atom is -0.383 e. The average molecular weight is 347 g/mol. The minimum absolute atomic E-state index is 0.438. The lowest BCUT2D eigenvalue weighted by atomic mass is 10.2. The number of anilines is 1. The lowest BCUT2D eigenvalue weighted by molar-refractivity contribution is -0.386. The average Bonchev–Trinajstić information content (AvgIpc) is 2.64. The van der Waals surface area contributed by atoms with Crippen molar-refractivity contribution in [3.63, 3.8) is 0 Å². The maximum atomic E-state index is 12.1. The van der Waals surface area contributed by atoms with E-state index in [4.69, 9.17) is 4.74 Å². The Hall–Kier alpha value is -2.67. The SMILES string of the molecule is CC.CCN(CCOC)c1ccc(-n2cccc([N+](=O)[O-])c2=O)cc1. The lowest BCUT2D eigenvalue weighted by Crippen LogP contribution is -2.26. The van der Waals surface area contributed by atoms with Crippen LogP contribution in [0.5, 0.6) is 0 Å². The molecule has 0 aliphatic rings. The molecule has 2 aromatic rings. The quantitative estimate of drug-likeness (QED) is 0.567. The third-order valence-electron chi connectivity index (χ3n) is 3.56. The highest BCUT2D eigenvalue weighted by Crippen LogP contribution is 2.17. The van der Waals surface area contributed by atoms with Crippen LogP contribution in [-0.2, 0) is 4.74 Å². The molecule has 0 bridgehead atoms. The van der Waals surface area contributed by atoms with Crippen molar-refractivity contribution in [2.24, 2.45) is 0 Å². The second kappa shape index (κ2) is 10.2. The highest BCUT2D eigenvalue weighted by Gasteiger charge is 2.14. The Balaban J connectivity index is 0.00000151. The molecule has 0 saturated heterocycles. The van der Waals surface area contributed by atoms with Crippen molar-refractivity contribution in [3.05, 3.63) is 63.1 Å². The minimum atomic E-state index is -0.670. The molecule has 2 rings (SSSR count). The van der Waals surface area contributed by atoms with E-state index >= 15 is 0 Å². The molecule has 0 aliphatic heterocycles. The van der Waals surface area contributed by atoms with Crippen LogP contribution in [0.25, 0.3) is 5.69 Å².